The largest absolute Gasteiger partial charge is 0.382 e. The van der Waals surface area contributed by atoms with Gasteiger partial charge in [0.05, 0.1) is 33.4 Å². The van der Waals surface area contributed by atoms with Crippen LogP contribution in [0.5, 0.6) is 0 Å². The van der Waals surface area contributed by atoms with Crippen LogP contribution in [0.4, 0.5) is 5.69 Å². The van der Waals surface area contributed by atoms with Crippen LogP contribution in [-0.4, -0.2) is 25.7 Å². The molecule has 0 aliphatic carbocycles. The Balaban J connectivity index is 2.90. The Morgan fingerprint density at radius 3 is 2.53 bits per heavy atom. The first-order valence-electron chi connectivity index (χ1n) is 5.42. The number of aliphatic imine (C=N–C) groups is 1. The molecular formula is C11H15Cl3N4O. The number of hydrogen-bond acceptors (Lipinski definition) is 3. The molecule has 1 aromatic rings. The van der Waals surface area contributed by atoms with E-state index in [2.05, 4.69) is 15.7 Å². The SMILES string of the molecule is COCC(C)N=C(NN)Nc1cc(Cl)c(Cl)cc1Cl. The summed E-state index contributed by atoms with van der Waals surface area (Å²) in [7, 11) is 1.60. The number of nitrogens with zero attached hydrogens (tertiary/aromatic N) is 1. The summed E-state index contributed by atoms with van der Waals surface area (Å²) in [5, 5.41) is 4.11. The number of nitrogens with two attached hydrogens (primary N) is 1. The van der Waals surface area contributed by atoms with Gasteiger partial charge in [-0.2, -0.15) is 0 Å². The van der Waals surface area contributed by atoms with Gasteiger partial charge in [0.15, 0.2) is 0 Å². The summed E-state index contributed by atoms with van der Waals surface area (Å²) in [4.78, 5) is 4.28. The number of hydrogen-bond donors (Lipinski definition) is 3. The number of rotatable bonds is 4. The predicted octanol–water partition coefficient (Wildman–Crippen LogP) is 2.91. The number of methoxy groups -OCH3 is 1. The summed E-state index contributed by atoms with van der Waals surface area (Å²) in [5.74, 6) is 5.75. The van der Waals surface area contributed by atoms with Crippen LogP contribution < -0.4 is 16.6 Å². The van der Waals surface area contributed by atoms with Gasteiger partial charge in [-0.3, -0.25) is 5.43 Å². The summed E-state index contributed by atoms with van der Waals surface area (Å²) in [6, 6.07) is 3.07. The van der Waals surface area contributed by atoms with Gasteiger partial charge >= 0.3 is 0 Å². The Kier molecular flexibility index (Phi) is 6.68. The van der Waals surface area contributed by atoms with E-state index in [1.165, 1.54) is 0 Å². The zero-order valence-electron chi connectivity index (χ0n) is 10.5. The van der Waals surface area contributed by atoms with Crippen molar-refractivity contribution in [3.63, 3.8) is 0 Å². The van der Waals surface area contributed by atoms with Crippen molar-refractivity contribution in [1.82, 2.24) is 5.43 Å². The van der Waals surface area contributed by atoms with Crippen LogP contribution >= 0.6 is 34.8 Å². The average molecular weight is 326 g/mol. The van der Waals surface area contributed by atoms with E-state index in [0.717, 1.165) is 0 Å². The lowest BCUT2D eigenvalue weighted by molar-refractivity contribution is 0.185. The zero-order chi connectivity index (χ0) is 14.4. The van der Waals surface area contributed by atoms with E-state index in [-0.39, 0.29) is 6.04 Å². The second kappa shape index (κ2) is 7.77. The topological polar surface area (TPSA) is 71.7 Å². The minimum Gasteiger partial charge on any atom is -0.382 e. The molecule has 19 heavy (non-hydrogen) atoms. The number of halogens is 3. The van der Waals surface area contributed by atoms with E-state index < -0.39 is 0 Å². The molecule has 0 bridgehead atoms. The summed E-state index contributed by atoms with van der Waals surface area (Å²) < 4.78 is 4.99. The highest BCUT2D eigenvalue weighted by Gasteiger charge is 2.09. The predicted molar refractivity (Wildman–Crippen MR) is 81.2 cm³/mol. The molecule has 106 valence electrons. The monoisotopic (exact) mass is 324 g/mol. The fourth-order valence-corrected chi connectivity index (χ4v) is 1.94. The molecule has 0 spiro atoms. The highest BCUT2D eigenvalue weighted by atomic mass is 35.5. The van der Waals surface area contributed by atoms with Crippen LogP contribution in [0.15, 0.2) is 17.1 Å². The van der Waals surface area contributed by atoms with E-state index in [9.17, 15) is 0 Å². The third kappa shape index (κ3) is 5.04. The molecule has 1 unspecified atom stereocenters. The van der Waals surface area contributed by atoms with E-state index in [1.54, 1.807) is 19.2 Å². The second-order valence-electron chi connectivity index (χ2n) is 3.80. The molecule has 0 aliphatic heterocycles. The van der Waals surface area contributed by atoms with Gasteiger partial charge in [-0.05, 0) is 19.1 Å². The lowest BCUT2D eigenvalue weighted by Crippen LogP contribution is -2.37. The van der Waals surface area contributed by atoms with E-state index in [4.69, 9.17) is 45.4 Å². The van der Waals surface area contributed by atoms with Crippen molar-refractivity contribution in [2.24, 2.45) is 10.8 Å². The van der Waals surface area contributed by atoms with E-state index >= 15 is 0 Å². The Hall–Kier alpha value is -0.720. The number of guanidine groups is 1. The standard InChI is InChI=1S/C11H15Cl3N4O/c1-6(5-19-2)16-11(18-15)17-10-4-8(13)7(12)3-9(10)14/h3-4,6H,5,15H2,1-2H3,(H2,16,17,18). The second-order valence-corrected chi connectivity index (χ2v) is 5.02. The molecule has 0 radical (unpaired) electrons. The van der Waals surface area contributed by atoms with Crippen LogP contribution in [0.3, 0.4) is 0 Å². The number of ether oxygens (including phenoxy) is 1. The molecule has 4 N–H and O–H groups in total. The Bertz CT molecular complexity index is 467. The summed E-state index contributed by atoms with van der Waals surface area (Å²) in [5.41, 5.74) is 3.00. The van der Waals surface area contributed by atoms with Gasteiger partial charge in [-0.1, -0.05) is 34.8 Å². The molecule has 0 saturated carbocycles. The number of hydrazine groups is 1. The molecule has 5 nitrogen and oxygen atoms in total. The van der Waals surface area contributed by atoms with Gasteiger partial charge in [0.1, 0.15) is 0 Å². The minimum absolute atomic E-state index is 0.0647. The van der Waals surface area contributed by atoms with Gasteiger partial charge in [0.2, 0.25) is 5.96 Å². The molecule has 0 fully saturated rings. The first kappa shape index (κ1) is 16.3. The molecule has 1 atom stereocenters. The number of nitrogens with one attached hydrogen (secondary N) is 2. The van der Waals surface area contributed by atoms with Crippen molar-refractivity contribution < 1.29 is 4.74 Å². The van der Waals surface area contributed by atoms with Crippen molar-refractivity contribution >= 4 is 46.4 Å². The molecule has 1 aromatic carbocycles. The first-order valence-corrected chi connectivity index (χ1v) is 6.56. The van der Waals surface area contributed by atoms with Gasteiger partial charge in [-0.15, -0.1) is 0 Å². The average Bonchev–Trinajstić information content (AvgIpc) is 2.35. The van der Waals surface area contributed by atoms with Crippen molar-refractivity contribution in [3.05, 3.63) is 27.2 Å². The third-order valence-electron chi connectivity index (χ3n) is 2.16. The van der Waals surface area contributed by atoms with Crippen LogP contribution in [0.1, 0.15) is 6.92 Å². The van der Waals surface area contributed by atoms with Gasteiger partial charge in [-0.25, -0.2) is 10.8 Å². The van der Waals surface area contributed by atoms with Crippen LogP contribution in [0, 0.1) is 0 Å². The highest BCUT2D eigenvalue weighted by molar-refractivity contribution is 6.44. The smallest absolute Gasteiger partial charge is 0.210 e. The zero-order valence-corrected chi connectivity index (χ0v) is 12.8. The quantitative estimate of drug-likeness (QED) is 0.262. The normalized spacial score (nSPS) is 13.3. The lowest BCUT2D eigenvalue weighted by Gasteiger charge is -2.13. The van der Waals surface area contributed by atoms with Crippen molar-refractivity contribution in [2.45, 2.75) is 13.0 Å². The Morgan fingerprint density at radius 2 is 1.95 bits per heavy atom. The summed E-state index contributed by atoms with van der Waals surface area (Å²) in [6.07, 6.45) is 0. The number of anilines is 1. The fourth-order valence-electron chi connectivity index (χ4n) is 1.35. The summed E-state index contributed by atoms with van der Waals surface area (Å²) >= 11 is 17.8. The van der Waals surface area contributed by atoms with E-state index in [0.29, 0.717) is 33.3 Å². The maximum atomic E-state index is 6.05. The van der Waals surface area contributed by atoms with E-state index in [1.807, 2.05) is 6.92 Å². The molecule has 0 aromatic heterocycles. The van der Waals surface area contributed by atoms with Crippen molar-refractivity contribution in [2.75, 3.05) is 19.0 Å². The Morgan fingerprint density at radius 1 is 1.32 bits per heavy atom. The molecule has 0 saturated heterocycles. The molecule has 0 aliphatic rings. The fraction of sp³-hybridized carbons (Fsp3) is 0.364. The summed E-state index contributed by atoms with van der Waals surface area (Å²) in [6.45, 7) is 2.36. The minimum atomic E-state index is -0.0647. The maximum Gasteiger partial charge on any atom is 0.210 e. The molecule has 0 heterocycles. The third-order valence-corrected chi connectivity index (χ3v) is 3.19. The molecule has 0 amide bonds. The van der Waals surface area contributed by atoms with Crippen LogP contribution in [0.2, 0.25) is 15.1 Å². The molecule has 8 heteroatoms. The van der Waals surface area contributed by atoms with Gasteiger partial charge < -0.3 is 10.1 Å². The van der Waals surface area contributed by atoms with Crippen LogP contribution in [-0.2, 0) is 4.74 Å². The lowest BCUT2D eigenvalue weighted by atomic mass is 10.3. The molecular weight excluding hydrogens is 311 g/mol. The number of benzene rings is 1. The maximum absolute atomic E-state index is 6.05. The van der Waals surface area contributed by atoms with Gasteiger partial charge in [0, 0.05) is 7.11 Å². The van der Waals surface area contributed by atoms with Crippen molar-refractivity contribution in [1.29, 1.82) is 0 Å². The molecule has 1 rings (SSSR count). The first-order chi connectivity index (χ1) is 8.97. The van der Waals surface area contributed by atoms with Crippen LogP contribution in [0.25, 0.3) is 0 Å². The highest BCUT2D eigenvalue weighted by Crippen LogP contribution is 2.32. The van der Waals surface area contributed by atoms with Gasteiger partial charge in [0.25, 0.3) is 0 Å². The Labute approximate surface area is 127 Å². The van der Waals surface area contributed by atoms with Crippen molar-refractivity contribution in [3.8, 4) is 0 Å².